The van der Waals surface area contributed by atoms with Gasteiger partial charge in [0.05, 0.1) is 0 Å². The molecule has 0 amide bonds. The standard InChI is InChI=1S/C24H19N2.Ir/c1-15-9-8-10-16(2)21(15)24-25-22-19-13-6-4-11-17(19)18-12-5-7-14-20(18)23(22)26(24)3;/h4-12,14H,1-3H3;/q-1;. The molecule has 1 radical (unpaired) electrons. The summed E-state index contributed by atoms with van der Waals surface area (Å²) in [6.07, 6.45) is 0. The fraction of sp³-hybridized carbons (Fsp3) is 0.125. The second-order valence-corrected chi connectivity index (χ2v) is 6.96. The maximum Gasteiger partial charge on any atom is 0.130 e. The van der Waals surface area contributed by atoms with E-state index in [9.17, 15) is 0 Å². The van der Waals surface area contributed by atoms with Gasteiger partial charge in [-0.15, -0.1) is 29.7 Å². The van der Waals surface area contributed by atoms with Crippen molar-refractivity contribution in [2.75, 3.05) is 0 Å². The van der Waals surface area contributed by atoms with Crippen molar-refractivity contribution in [3.8, 4) is 11.4 Å². The molecular weight excluding hydrogens is 508 g/mol. The van der Waals surface area contributed by atoms with Gasteiger partial charge in [0.25, 0.3) is 0 Å². The van der Waals surface area contributed by atoms with Gasteiger partial charge in [-0.25, -0.2) is 0 Å². The van der Waals surface area contributed by atoms with Crippen LogP contribution in [0.5, 0.6) is 0 Å². The number of rotatable bonds is 1. The van der Waals surface area contributed by atoms with Crippen LogP contribution in [0.25, 0.3) is 44.0 Å². The van der Waals surface area contributed by atoms with Crippen LogP contribution in [0, 0.1) is 19.9 Å². The Bertz CT molecular complexity index is 1290. The van der Waals surface area contributed by atoms with E-state index >= 15 is 0 Å². The maximum absolute atomic E-state index is 5.11. The minimum absolute atomic E-state index is 0. The third-order valence-corrected chi connectivity index (χ3v) is 5.37. The first-order valence-electron chi connectivity index (χ1n) is 8.91. The summed E-state index contributed by atoms with van der Waals surface area (Å²) in [6, 6.07) is 24.6. The van der Waals surface area contributed by atoms with Gasteiger partial charge in [-0.2, -0.15) is 0 Å². The molecule has 2 nitrogen and oxygen atoms in total. The minimum Gasteiger partial charge on any atom is -0.335 e. The molecule has 27 heavy (non-hydrogen) atoms. The number of benzene rings is 4. The zero-order chi connectivity index (χ0) is 17.8. The number of fused-ring (bicyclic) bond motifs is 6. The summed E-state index contributed by atoms with van der Waals surface area (Å²) in [4.78, 5) is 5.11. The number of imidazole rings is 1. The van der Waals surface area contributed by atoms with Gasteiger partial charge < -0.3 is 4.57 Å². The van der Waals surface area contributed by atoms with Crippen molar-refractivity contribution in [3.05, 3.63) is 77.9 Å². The van der Waals surface area contributed by atoms with Gasteiger partial charge >= 0.3 is 0 Å². The van der Waals surface area contributed by atoms with E-state index in [0.29, 0.717) is 0 Å². The Morgan fingerprint density at radius 1 is 0.815 bits per heavy atom. The Morgan fingerprint density at radius 2 is 1.48 bits per heavy atom. The van der Waals surface area contributed by atoms with Gasteiger partial charge in [0, 0.05) is 43.7 Å². The average molecular weight is 528 g/mol. The summed E-state index contributed by atoms with van der Waals surface area (Å²) in [7, 11) is 2.12. The van der Waals surface area contributed by atoms with Crippen LogP contribution < -0.4 is 0 Å². The summed E-state index contributed by atoms with van der Waals surface area (Å²) in [5.41, 5.74) is 5.93. The number of hydrogen-bond acceptors (Lipinski definition) is 1. The summed E-state index contributed by atoms with van der Waals surface area (Å²) < 4.78 is 2.24. The van der Waals surface area contributed by atoms with Crippen LogP contribution >= 0.6 is 0 Å². The van der Waals surface area contributed by atoms with Crippen molar-refractivity contribution < 1.29 is 20.1 Å². The van der Waals surface area contributed by atoms with E-state index in [1.54, 1.807) is 0 Å². The van der Waals surface area contributed by atoms with Crippen LogP contribution in [0.1, 0.15) is 11.1 Å². The second kappa shape index (κ2) is 6.60. The zero-order valence-corrected chi connectivity index (χ0v) is 17.9. The molecule has 3 heteroatoms. The van der Waals surface area contributed by atoms with Crippen LogP contribution in [-0.4, -0.2) is 9.55 Å². The molecule has 0 fully saturated rings. The summed E-state index contributed by atoms with van der Waals surface area (Å²) >= 11 is 0. The van der Waals surface area contributed by atoms with Gasteiger partial charge in [0.1, 0.15) is 5.82 Å². The van der Waals surface area contributed by atoms with Crippen molar-refractivity contribution in [1.29, 1.82) is 0 Å². The molecule has 0 aliphatic rings. The van der Waals surface area contributed by atoms with Crippen molar-refractivity contribution in [2.45, 2.75) is 13.8 Å². The Labute approximate surface area is 172 Å². The fourth-order valence-electron chi connectivity index (χ4n) is 4.15. The van der Waals surface area contributed by atoms with E-state index in [1.165, 1.54) is 38.4 Å². The Morgan fingerprint density at radius 3 is 2.22 bits per heavy atom. The smallest absolute Gasteiger partial charge is 0.130 e. The maximum atomic E-state index is 5.11. The molecule has 4 aromatic carbocycles. The molecule has 0 saturated carbocycles. The van der Waals surface area contributed by atoms with Crippen molar-refractivity contribution in [3.63, 3.8) is 0 Å². The van der Waals surface area contributed by atoms with Crippen LogP contribution in [0.2, 0.25) is 0 Å². The first-order chi connectivity index (χ1) is 12.7. The number of nitrogens with zero attached hydrogens (tertiary/aromatic N) is 2. The third-order valence-electron chi connectivity index (χ3n) is 5.37. The molecule has 135 valence electrons. The van der Waals surface area contributed by atoms with Gasteiger partial charge in [-0.1, -0.05) is 53.2 Å². The van der Waals surface area contributed by atoms with Crippen LogP contribution in [0.15, 0.2) is 60.7 Å². The molecule has 0 aliphatic carbocycles. The number of hydrogen-bond donors (Lipinski definition) is 0. The summed E-state index contributed by atoms with van der Waals surface area (Å²) in [6.45, 7) is 4.31. The minimum atomic E-state index is 0. The molecule has 0 atom stereocenters. The molecule has 5 aromatic rings. The van der Waals surface area contributed by atoms with E-state index in [2.05, 4.69) is 86.1 Å². The van der Waals surface area contributed by atoms with E-state index in [1.807, 2.05) is 6.07 Å². The predicted molar refractivity (Wildman–Crippen MR) is 109 cm³/mol. The molecule has 0 unspecified atom stereocenters. The molecule has 0 saturated heterocycles. The first kappa shape index (κ1) is 17.9. The second-order valence-electron chi connectivity index (χ2n) is 6.96. The van der Waals surface area contributed by atoms with E-state index in [4.69, 9.17) is 4.98 Å². The quantitative estimate of drug-likeness (QED) is 0.194. The van der Waals surface area contributed by atoms with Crippen LogP contribution in [0.3, 0.4) is 0 Å². The molecular formula is C24H19IrN2-. The van der Waals surface area contributed by atoms with Crippen molar-refractivity contribution in [2.24, 2.45) is 7.05 Å². The summed E-state index contributed by atoms with van der Waals surface area (Å²) in [5.74, 6) is 1.02. The molecule has 1 heterocycles. The van der Waals surface area contributed by atoms with Gasteiger partial charge in [0.2, 0.25) is 0 Å². The average Bonchev–Trinajstić information content (AvgIpc) is 3.00. The van der Waals surface area contributed by atoms with E-state index < -0.39 is 0 Å². The Kier molecular flexibility index (Phi) is 4.38. The molecule has 0 aliphatic heterocycles. The van der Waals surface area contributed by atoms with Gasteiger partial charge in [0.15, 0.2) is 0 Å². The van der Waals surface area contributed by atoms with Crippen molar-refractivity contribution >= 4 is 32.6 Å². The first-order valence-corrected chi connectivity index (χ1v) is 8.91. The fourth-order valence-corrected chi connectivity index (χ4v) is 4.15. The van der Waals surface area contributed by atoms with E-state index in [0.717, 1.165) is 16.7 Å². The molecule has 1 aromatic heterocycles. The predicted octanol–water partition coefficient (Wildman–Crippen LogP) is 5.96. The SMILES string of the molecule is Cc1cccc(C)c1-c1nc2c3[c-]cccc3c3ccccc3c2n1C.[Ir]. The van der Waals surface area contributed by atoms with Crippen molar-refractivity contribution in [1.82, 2.24) is 9.55 Å². The Hall–Kier alpha value is -2.48. The largest absolute Gasteiger partial charge is 0.335 e. The number of aromatic nitrogens is 2. The van der Waals surface area contributed by atoms with E-state index in [-0.39, 0.29) is 20.1 Å². The third kappa shape index (κ3) is 2.54. The van der Waals surface area contributed by atoms with Crippen LogP contribution in [0.4, 0.5) is 0 Å². The van der Waals surface area contributed by atoms with Gasteiger partial charge in [-0.05, 0) is 30.4 Å². The number of aryl methyl sites for hydroxylation is 3. The molecule has 0 N–H and O–H groups in total. The molecule has 0 spiro atoms. The normalized spacial score (nSPS) is 11.2. The Balaban J connectivity index is 0.00000180. The zero-order valence-electron chi connectivity index (χ0n) is 15.5. The summed E-state index contributed by atoms with van der Waals surface area (Å²) in [5, 5.41) is 4.79. The molecule has 0 bridgehead atoms. The van der Waals surface area contributed by atoms with Crippen LogP contribution in [-0.2, 0) is 27.2 Å². The monoisotopic (exact) mass is 528 g/mol. The van der Waals surface area contributed by atoms with Gasteiger partial charge in [-0.3, -0.25) is 4.98 Å². The topological polar surface area (TPSA) is 17.8 Å². The molecule has 5 rings (SSSR count).